The van der Waals surface area contributed by atoms with E-state index in [0.717, 1.165) is 36.4 Å². The van der Waals surface area contributed by atoms with E-state index >= 15 is 0 Å². The Bertz CT molecular complexity index is 796. The number of nitriles is 1. The Morgan fingerprint density at radius 2 is 1.78 bits per heavy atom. The van der Waals surface area contributed by atoms with Gasteiger partial charge < -0.3 is 4.98 Å². The van der Waals surface area contributed by atoms with Crippen LogP contribution in [0.1, 0.15) is 23.4 Å². The van der Waals surface area contributed by atoms with Crippen molar-refractivity contribution in [2.75, 3.05) is 7.05 Å². The lowest BCUT2D eigenvalue weighted by atomic mass is 10.0. The summed E-state index contributed by atoms with van der Waals surface area (Å²) in [6, 6.07) is 18.6. The van der Waals surface area contributed by atoms with Crippen molar-refractivity contribution >= 4 is 11.0 Å². The van der Waals surface area contributed by atoms with Gasteiger partial charge in [-0.1, -0.05) is 36.4 Å². The molecule has 4 heteroatoms. The van der Waals surface area contributed by atoms with Crippen molar-refractivity contribution in [1.82, 2.24) is 14.9 Å². The Morgan fingerprint density at radius 1 is 1.04 bits per heavy atom. The minimum absolute atomic E-state index is 0.560. The number of aromatic nitrogens is 2. The number of aryl methyl sites for hydroxylation is 1. The number of hydrogen-bond donors (Lipinski definition) is 1. The van der Waals surface area contributed by atoms with Crippen molar-refractivity contribution in [2.45, 2.75) is 25.9 Å². The highest BCUT2D eigenvalue weighted by atomic mass is 15.1. The van der Waals surface area contributed by atoms with Crippen LogP contribution in [-0.2, 0) is 19.5 Å². The fourth-order valence-corrected chi connectivity index (χ4v) is 2.83. The number of nitrogens with zero attached hydrogens (tertiary/aromatic N) is 3. The summed E-state index contributed by atoms with van der Waals surface area (Å²) in [5.41, 5.74) is 4.61. The molecule has 0 aliphatic rings. The predicted molar refractivity (Wildman–Crippen MR) is 91.6 cm³/mol. The summed E-state index contributed by atoms with van der Waals surface area (Å²) in [5.74, 6) is 0.975. The van der Waals surface area contributed by atoms with Crippen molar-refractivity contribution < 1.29 is 0 Å². The molecule has 2 aromatic carbocycles. The standard InChI is InChI=1S/C19H20N4/c1-23(13-16-8-3-2-7-15(16)9-6-12-20)14-19-21-17-10-4-5-11-18(17)22-19/h2-5,7-8,10-11H,6,9,13-14H2,1H3,(H,21,22). The zero-order valence-electron chi connectivity index (χ0n) is 13.3. The molecule has 4 nitrogen and oxygen atoms in total. The number of nitrogens with one attached hydrogen (secondary N) is 1. The van der Waals surface area contributed by atoms with Crippen LogP contribution in [0.2, 0.25) is 0 Å². The SMILES string of the molecule is CN(Cc1nc2ccccc2[nH]1)Cc1ccccc1CCC#N. The molecule has 116 valence electrons. The summed E-state index contributed by atoms with van der Waals surface area (Å²) in [7, 11) is 2.09. The summed E-state index contributed by atoms with van der Waals surface area (Å²) in [6.07, 6.45) is 1.37. The van der Waals surface area contributed by atoms with Crippen LogP contribution < -0.4 is 0 Å². The number of hydrogen-bond acceptors (Lipinski definition) is 3. The number of fused-ring (bicyclic) bond motifs is 1. The summed E-state index contributed by atoms with van der Waals surface area (Å²) >= 11 is 0. The minimum Gasteiger partial charge on any atom is -0.341 e. The van der Waals surface area contributed by atoms with Crippen LogP contribution in [-0.4, -0.2) is 21.9 Å². The van der Waals surface area contributed by atoms with Gasteiger partial charge >= 0.3 is 0 Å². The molecule has 0 aliphatic carbocycles. The predicted octanol–water partition coefficient (Wildman–Crippen LogP) is 3.65. The van der Waals surface area contributed by atoms with Crippen LogP contribution in [0, 0.1) is 11.3 Å². The maximum Gasteiger partial charge on any atom is 0.121 e. The average Bonchev–Trinajstić information content (AvgIpc) is 2.96. The summed E-state index contributed by atoms with van der Waals surface area (Å²) in [6.45, 7) is 1.61. The molecule has 23 heavy (non-hydrogen) atoms. The van der Waals surface area contributed by atoms with E-state index < -0.39 is 0 Å². The normalized spacial score (nSPS) is 11.0. The van der Waals surface area contributed by atoms with Gasteiger partial charge in [0.25, 0.3) is 0 Å². The van der Waals surface area contributed by atoms with Gasteiger partial charge in [0.1, 0.15) is 5.82 Å². The second-order valence-corrected chi connectivity index (χ2v) is 5.80. The van der Waals surface area contributed by atoms with Gasteiger partial charge in [0.05, 0.1) is 23.6 Å². The Morgan fingerprint density at radius 3 is 2.57 bits per heavy atom. The zero-order valence-corrected chi connectivity index (χ0v) is 13.3. The molecule has 0 amide bonds. The number of H-pyrrole nitrogens is 1. The zero-order chi connectivity index (χ0) is 16.1. The summed E-state index contributed by atoms with van der Waals surface area (Å²) in [5, 5.41) is 8.79. The Labute approximate surface area is 136 Å². The third-order valence-electron chi connectivity index (χ3n) is 3.92. The minimum atomic E-state index is 0.560. The van der Waals surface area contributed by atoms with Gasteiger partial charge in [0.15, 0.2) is 0 Å². The lowest BCUT2D eigenvalue weighted by Gasteiger charge is -2.17. The molecule has 0 radical (unpaired) electrons. The van der Waals surface area contributed by atoms with Crippen molar-refractivity contribution in [3.05, 3.63) is 65.5 Å². The molecule has 3 rings (SSSR count). The quantitative estimate of drug-likeness (QED) is 0.756. The highest BCUT2D eigenvalue weighted by molar-refractivity contribution is 5.74. The molecule has 0 saturated carbocycles. The second kappa shape index (κ2) is 7.08. The molecule has 0 bridgehead atoms. The van der Waals surface area contributed by atoms with Gasteiger partial charge in [0.2, 0.25) is 0 Å². The lowest BCUT2D eigenvalue weighted by Crippen LogP contribution is -2.19. The lowest BCUT2D eigenvalue weighted by molar-refractivity contribution is 0.311. The molecule has 1 heterocycles. The van der Waals surface area contributed by atoms with Crippen molar-refractivity contribution in [3.63, 3.8) is 0 Å². The fourth-order valence-electron chi connectivity index (χ4n) is 2.83. The van der Waals surface area contributed by atoms with Crippen molar-refractivity contribution in [2.24, 2.45) is 0 Å². The third-order valence-corrected chi connectivity index (χ3v) is 3.92. The van der Waals surface area contributed by atoms with Crippen molar-refractivity contribution in [3.8, 4) is 6.07 Å². The molecular formula is C19H20N4. The maximum atomic E-state index is 8.79. The highest BCUT2D eigenvalue weighted by Gasteiger charge is 2.08. The van der Waals surface area contributed by atoms with E-state index in [1.807, 2.05) is 30.3 Å². The van der Waals surface area contributed by atoms with E-state index in [1.54, 1.807) is 0 Å². The first-order chi connectivity index (χ1) is 11.3. The van der Waals surface area contributed by atoms with Crippen LogP contribution >= 0.6 is 0 Å². The first-order valence-electron chi connectivity index (χ1n) is 7.82. The van der Waals surface area contributed by atoms with Crippen molar-refractivity contribution in [1.29, 1.82) is 5.26 Å². The Balaban J connectivity index is 1.69. The Kier molecular flexibility index (Phi) is 4.70. The van der Waals surface area contributed by atoms with E-state index in [9.17, 15) is 0 Å². The first kappa shape index (κ1) is 15.3. The second-order valence-electron chi connectivity index (χ2n) is 5.80. The maximum absolute atomic E-state index is 8.79. The van der Waals surface area contributed by atoms with Gasteiger partial charge in [-0.25, -0.2) is 4.98 Å². The number of aromatic amines is 1. The molecule has 0 atom stereocenters. The summed E-state index contributed by atoms with van der Waals surface area (Å²) < 4.78 is 0. The molecule has 0 fully saturated rings. The van der Waals surface area contributed by atoms with Gasteiger partial charge in [-0.3, -0.25) is 4.90 Å². The van der Waals surface area contributed by atoms with E-state index in [0.29, 0.717) is 6.42 Å². The van der Waals surface area contributed by atoms with Crippen LogP contribution in [0.3, 0.4) is 0 Å². The van der Waals surface area contributed by atoms with E-state index in [4.69, 9.17) is 5.26 Å². The topological polar surface area (TPSA) is 55.7 Å². The fraction of sp³-hybridized carbons (Fsp3) is 0.263. The summed E-state index contributed by atoms with van der Waals surface area (Å²) in [4.78, 5) is 10.2. The molecule has 1 aromatic heterocycles. The molecule has 0 unspecified atom stereocenters. The largest absolute Gasteiger partial charge is 0.341 e. The number of benzene rings is 2. The monoisotopic (exact) mass is 304 g/mol. The van der Waals surface area contributed by atoms with Gasteiger partial charge in [-0.05, 0) is 36.7 Å². The molecule has 3 aromatic rings. The van der Waals surface area contributed by atoms with Gasteiger partial charge in [-0.15, -0.1) is 0 Å². The van der Waals surface area contributed by atoms with Gasteiger partial charge in [-0.2, -0.15) is 5.26 Å². The number of rotatable bonds is 6. The highest BCUT2D eigenvalue weighted by Crippen LogP contribution is 2.15. The van der Waals surface area contributed by atoms with E-state index in [1.165, 1.54) is 11.1 Å². The van der Waals surface area contributed by atoms with E-state index in [2.05, 4.69) is 46.2 Å². The van der Waals surface area contributed by atoms with Crippen LogP contribution in [0.4, 0.5) is 0 Å². The van der Waals surface area contributed by atoms with Gasteiger partial charge in [0, 0.05) is 13.0 Å². The molecule has 0 aliphatic heterocycles. The Hall–Kier alpha value is -2.64. The third kappa shape index (κ3) is 3.77. The molecular weight excluding hydrogens is 284 g/mol. The molecule has 1 N–H and O–H groups in total. The average molecular weight is 304 g/mol. The van der Waals surface area contributed by atoms with Crippen LogP contribution in [0.15, 0.2) is 48.5 Å². The molecule has 0 spiro atoms. The first-order valence-corrected chi connectivity index (χ1v) is 7.82. The smallest absolute Gasteiger partial charge is 0.121 e. The van der Waals surface area contributed by atoms with Crippen LogP contribution in [0.5, 0.6) is 0 Å². The number of imidazole rings is 1. The molecule has 0 saturated heterocycles. The number of para-hydroxylation sites is 2. The van der Waals surface area contributed by atoms with Crippen LogP contribution in [0.25, 0.3) is 11.0 Å². The van der Waals surface area contributed by atoms with E-state index in [-0.39, 0.29) is 0 Å².